The largest absolute Gasteiger partial charge is 0.352 e. The number of nitrogens with one attached hydrogen (secondary N) is 1. The minimum Gasteiger partial charge on any atom is -0.352 e. The Balaban J connectivity index is 1.22. The van der Waals surface area contributed by atoms with Crippen LogP contribution in [-0.2, 0) is 17.9 Å². The van der Waals surface area contributed by atoms with Crippen molar-refractivity contribution < 1.29 is 4.79 Å². The molecule has 0 unspecified atom stereocenters. The van der Waals surface area contributed by atoms with Gasteiger partial charge in [0.05, 0.1) is 11.0 Å². The molecule has 5 rings (SSSR count). The number of carbonyl (C=O) groups excluding carboxylic acids is 1. The predicted octanol–water partition coefficient (Wildman–Crippen LogP) is 3.45. The van der Waals surface area contributed by atoms with Crippen molar-refractivity contribution in [3.63, 3.8) is 0 Å². The third kappa shape index (κ3) is 5.19. The highest BCUT2D eigenvalue weighted by Crippen LogP contribution is 2.27. The van der Waals surface area contributed by atoms with E-state index in [2.05, 4.69) is 48.9 Å². The fraction of sp³-hybridized carbons (Fsp3) is 0.500. The van der Waals surface area contributed by atoms with Crippen molar-refractivity contribution in [2.75, 3.05) is 37.6 Å². The summed E-state index contributed by atoms with van der Waals surface area (Å²) in [6.07, 6.45) is 9.23. The van der Waals surface area contributed by atoms with E-state index in [-0.39, 0.29) is 11.8 Å². The van der Waals surface area contributed by atoms with E-state index in [1.165, 1.54) is 37.9 Å². The molecule has 1 amide bonds. The van der Waals surface area contributed by atoms with E-state index in [1.54, 1.807) is 12.4 Å². The zero-order valence-electron chi connectivity index (χ0n) is 19.3. The summed E-state index contributed by atoms with van der Waals surface area (Å²) in [5.41, 5.74) is 3.35. The van der Waals surface area contributed by atoms with E-state index in [4.69, 9.17) is 4.98 Å². The van der Waals surface area contributed by atoms with Crippen molar-refractivity contribution in [1.29, 1.82) is 0 Å². The summed E-state index contributed by atoms with van der Waals surface area (Å²) in [5.74, 6) is 1.28. The first-order valence-corrected chi connectivity index (χ1v) is 12.4. The molecular weight excluding hydrogens is 412 g/mol. The van der Waals surface area contributed by atoms with Gasteiger partial charge in [0.1, 0.15) is 0 Å². The van der Waals surface area contributed by atoms with Crippen LogP contribution in [0.3, 0.4) is 0 Å². The van der Waals surface area contributed by atoms with Crippen molar-refractivity contribution in [3.8, 4) is 0 Å². The van der Waals surface area contributed by atoms with Crippen molar-refractivity contribution in [2.24, 2.45) is 5.92 Å². The molecule has 2 saturated heterocycles. The van der Waals surface area contributed by atoms with Gasteiger partial charge in [0.15, 0.2) is 0 Å². The Kier molecular flexibility index (Phi) is 6.86. The highest BCUT2D eigenvalue weighted by molar-refractivity contribution is 5.80. The molecule has 3 aromatic rings. The van der Waals surface area contributed by atoms with E-state index in [0.717, 1.165) is 56.0 Å². The lowest BCUT2D eigenvalue weighted by Crippen LogP contribution is -2.41. The summed E-state index contributed by atoms with van der Waals surface area (Å²) < 4.78 is 2.40. The highest BCUT2D eigenvalue weighted by Gasteiger charge is 2.27. The summed E-state index contributed by atoms with van der Waals surface area (Å²) in [6.45, 7) is 6.74. The molecule has 2 fully saturated rings. The SMILES string of the molecule is O=C(NCc1ccncc1)C1CCN(c2nc3ccccc3n2CCN2CCCCC2)CC1. The Morgan fingerprint density at radius 2 is 1.70 bits per heavy atom. The van der Waals surface area contributed by atoms with E-state index < -0.39 is 0 Å². The fourth-order valence-corrected chi connectivity index (χ4v) is 5.12. The molecule has 0 atom stereocenters. The van der Waals surface area contributed by atoms with Crippen LogP contribution in [0.4, 0.5) is 5.95 Å². The smallest absolute Gasteiger partial charge is 0.223 e. The Morgan fingerprint density at radius 3 is 2.48 bits per heavy atom. The molecule has 2 aliphatic heterocycles. The van der Waals surface area contributed by atoms with Crippen LogP contribution in [0.2, 0.25) is 0 Å². The molecule has 0 radical (unpaired) electrons. The van der Waals surface area contributed by atoms with Gasteiger partial charge in [-0.1, -0.05) is 18.6 Å². The van der Waals surface area contributed by atoms with Crippen LogP contribution in [0.5, 0.6) is 0 Å². The molecule has 1 N–H and O–H groups in total. The van der Waals surface area contributed by atoms with E-state index >= 15 is 0 Å². The summed E-state index contributed by atoms with van der Waals surface area (Å²) in [6, 6.07) is 12.3. The van der Waals surface area contributed by atoms with E-state index in [9.17, 15) is 4.79 Å². The molecule has 2 aliphatic rings. The second kappa shape index (κ2) is 10.3. The number of hydrogen-bond acceptors (Lipinski definition) is 5. The van der Waals surface area contributed by atoms with Crippen LogP contribution in [-0.4, -0.2) is 58.1 Å². The number of pyridine rings is 1. The van der Waals surface area contributed by atoms with Gasteiger partial charge in [-0.15, -0.1) is 0 Å². The van der Waals surface area contributed by atoms with Gasteiger partial charge in [0, 0.05) is 51.0 Å². The minimum absolute atomic E-state index is 0.0641. The van der Waals surface area contributed by atoms with Crippen molar-refractivity contribution in [3.05, 3.63) is 54.4 Å². The maximum atomic E-state index is 12.7. The quantitative estimate of drug-likeness (QED) is 0.602. The number of likely N-dealkylation sites (tertiary alicyclic amines) is 1. The minimum atomic E-state index is 0.0641. The number of nitrogens with zero attached hydrogens (tertiary/aromatic N) is 5. The second-order valence-corrected chi connectivity index (χ2v) is 9.29. The number of rotatable bonds is 7. The molecule has 7 heteroatoms. The third-order valence-corrected chi connectivity index (χ3v) is 7.09. The lowest BCUT2D eigenvalue weighted by atomic mass is 9.96. The van der Waals surface area contributed by atoms with Crippen LogP contribution in [0.15, 0.2) is 48.8 Å². The molecule has 0 aliphatic carbocycles. The molecular formula is C26H34N6O. The number of anilines is 1. The van der Waals surface area contributed by atoms with Gasteiger partial charge >= 0.3 is 0 Å². The van der Waals surface area contributed by atoms with Gasteiger partial charge in [-0.05, 0) is 68.6 Å². The number of fused-ring (bicyclic) bond motifs is 1. The second-order valence-electron chi connectivity index (χ2n) is 9.29. The standard InChI is InChI=1S/C26H34N6O/c33-25(28-20-21-8-12-27-13-9-21)22-10-16-31(17-11-22)26-29-23-6-2-3-7-24(23)32(26)19-18-30-14-4-1-5-15-30/h2-3,6-9,12-13,22H,1,4-5,10-11,14-20H2,(H,28,33). The maximum Gasteiger partial charge on any atom is 0.223 e. The molecule has 174 valence electrons. The van der Waals surface area contributed by atoms with Crippen LogP contribution >= 0.6 is 0 Å². The molecule has 1 aromatic carbocycles. The van der Waals surface area contributed by atoms with Gasteiger partial charge in [-0.3, -0.25) is 9.78 Å². The molecule has 0 spiro atoms. The van der Waals surface area contributed by atoms with Crippen LogP contribution in [0.25, 0.3) is 11.0 Å². The summed E-state index contributed by atoms with van der Waals surface area (Å²) in [5, 5.41) is 3.10. The first kappa shape index (κ1) is 21.9. The first-order valence-electron chi connectivity index (χ1n) is 12.4. The van der Waals surface area contributed by atoms with Gasteiger partial charge in [-0.25, -0.2) is 4.98 Å². The number of aromatic nitrogens is 3. The molecule has 0 bridgehead atoms. The highest BCUT2D eigenvalue weighted by atomic mass is 16.1. The molecule has 4 heterocycles. The zero-order valence-corrected chi connectivity index (χ0v) is 19.3. The molecule has 2 aromatic heterocycles. The number of imidazole rings is 1. The average Bonchev–Trinajstić information content (AvgIpc) is 3.26. The van der Waals surface area contributed by atoms with Gasteiger partial charge in [-0.2, -0.15) is 0 Å². The summed E-state index contributed by atoms with van der Waals surface area (Å²) >= 11 is 0. The lowest BCUT2D eigenvalue weighted by molar-refractivity contribution is -0.125. The summed E-state index contributed by atoms with van der Waals surface area (Å²) in [4.78, 5) is 26.7. The number of carbonyl (C=O) groups is 1. The Labute approximate surface area is 195 Å². The van der Waals surface area contributed by atoms with E-state index in [1.807, 2.05) is 12.1 Å². The molecule has 33 heavy (non-hydrogen) atoms. The topological polar surface area (TPSA) is 66.3 Å². The third-order valence-electron chi connectivity index (χ3n) is 7.09. The van der Waals surface area contributed by atoms with Crippen LogP contribution in [0.1, 0.15) is 37.7 Å². The van der Waals surface area contributed by atoms with Crippen molar-refractivity contribution in [2.45, 2.75) is 45.2 Å². The van der Waals surface area contributed by atoms with Crippen molar-refractivity contribution >= 4 is 22.9 Å². The number of benzene rings is 1. The Bertz CT molecular complexity index is 1050. The first-order chi connectivity index (χ1) is 16.3. The van der Waals surface area contributed by atoms with Crippen molar-refractivity contribution in [1.82, 2.24) is 24.8 Å². The van der Waals surface area contributed by atoms with E-state index in [0.29, 0.717) is 6.54 Å². The fourth-order valence-electron chi connectivity index (χ4n) is 5.12. The normalized spacial score (nSPS) is 18.0. The predicted molar refractivity (Wildman–Crippen MR) is 131 cm³/mol. The molecule has 0 saturated carbocycles. The average molecular weight is 447 g/mol. The Morgan fingerprint density at radius 1 is 0.939 bits per heavy atom. The van der Waals surface area contributed by atoms with Crippen LogP contribution in [0, 0.1) is 5.92 Å². The number of piperidine rings is 2. The van der Waals surface area contributed by atoms with Crippen LogP contribution < -0.4 is 10.2 Å². The number of para-hydroxylation sites is 2. The summed E-state index contributed by atoms with van der Waals surface area (Å²) in [7, 11) is 0. The molecule has 7 nitrogen and oxygen atoms in total. The lowest BCUT2D eigenvalue weighted by Gasteiger charge is -2.33. The van der Waals surface area contributed by atoms with Gasteiger partial charge in [0.25, 0.3) is 0 Å². The monoisotopic (exact) mass is 446 g/mol. The zero-order chi connectivity index (χ0) is 22.5. The van der Waals surface area contributed by atoms with Gasteiger partial charge in [0.2, 0.25) is 11.9 Å². The van der Waals surface area contributed by atoms with Gasteiger partial charge < -0.3 is 19.7 Å². The maximum absolute atomic E-state index is 12.7. The number of hydrogen-bond donors (Lipinski definition) is 1. The Hall–Kier alpha value is -2.93. The number of amides is 1.